The zero-order valence-electron chi connectivity index (χ0n) is 8.10. The summed E-state index contributed by atoms with van der Waals surface area (Å²) in [7, 11) is 0. The van der Waals surface area contributed by atoms with Crippen LogP contribution >= 0.6 is 0 Å². The molecule has 0 aliphatic heterocycles. The van der Waals surface area contributed by atoms with Crippen molar-refractivity contribution in [1.29, 1.82) is 0 Å². The van der Waals surface area contributed by atoms with Gasteiger partial charge in [-0.25, -0.2) is 0 Å². The number of benzene rings is 1. The largest absolute Gasteiger partial charge is 0.502 e. The normalized spacial score (nSPS) is 10.8. The van der Waals surface area contributed by atoms with Gasteiger partial charge in [-0.1, -0.05) is 36.9 Å². The van der Waals surface area contributed by atoms with Crippen LogP contribution in [0.15, 0.2) is 48.9 Å². The van der Waals surface area contributed by atoms with Gasteiger partial charge in [-0.05, 0) is 5.56 Å². The predicted octanol–water partition coefficient (Wildman–Crippen LogP) is 1.13. The number of hydrogen-bond donors (Lipinski definition) is 3. The van der Waals surface area contributed by atoms with Crippen molar-refractivity contribution in [2.24, 2.45) is 5.73 Å². The van der Waals surface area contributed by atoms with Crippen LogP contribution in [0.25, 0.3) is 5.70 Å². The van der Waals surface area contributed by atoms with Crippen molar-refractivity contribution in [2.75, 3.05) is 0 Å². The number of nitrogens with two attached hydrogens (primary N) is 1. The quantitative estimate of drug-likeness (QED) is 0.510. The maximum Gasteiger partial charge on any atom is 0.292 e. The standard InChI is InChI=1S/C11H12N2O2/c1-8(9-5-3-2-4-6-9)13-11(15)10(14)7-12/h2-7,14H,1,12H2,(H,13,15)/b10-7+. The van der Waals surface area contributed by atoms with E-state index in [1.165, 1.54) is 0 Å². The van der Waals surface area contributed by atoms with Gasteiger partial charge in [0.05, 0.1) is 0 Å². The SMILES string of the molecule is C=C(NC(=O)/C(O)=C\N)c1ccccc1. The summed E-state index contributed by atoms with van der Waals surface area (Å²) in [5.74, 6) is -1.21. The van der Waals surface area contributed by atoms with Gasteiger partial charge in [0.15, 0.2) is 5.76 Å². The zero-order chi connectivity index (χ0) is 11.3. The first-order chi connectivity index (χ1) is 7.15. The van der Waals surface area contributed by atoms with Crippen LogP contribution in [0.5, 0.6) is 0 Å². The summed E-state index contributed by atoms with van der Waals surface area (Å²) in [6.45, 7) is 3.67. The van der Waals surface area contributed by atoms with E-state index in [9.17, 15) is 4.79 Å². The molecule has 0 heterocycles. The number of nitrogens with one attached hydrogen (secondary N) is 1. The second-order valence-corrected chi connectivity index (χ2v) is 2.85. The molecule has 0 bridgehead atoms. The molecule has 0 spiro atoms. The van der Waals surface area contributed by atoms with Crippen molar-refractivity contribution < 1.29 is 9.90 Å². The first kappa shape index (κ1) is 10.8. The number of carbonyl (C=O) groups is 1. The van der Waals surface area contributed by atoms with Gasteiger partial charge in [-0.15, -0.1) is 0 Å². The molecule has 0 aliphatic rings. The third kappa shape index (κ3) is 2.87. The highest BCUT2D eigenvalue weighted by molar-refractivity contribution is 5.96. The van der Waals surface area contributed by atoms with Crippen molar-refractivity contribution in [3.8, 4) is 0 Å². The fourth-order valence-electron chi connectivity index (χ4n) is 0.988. The number of hydrogen-bond acceptors (Lipinski definition) is 3. The van der Waals surface area contributed by atoms with Crippen LogP contribution < -0.4 is 11.1 Å². The molecule has 0 unspecified atom stereocenters. The Labute approximate surface area is 87.7 Å². The third-order valence-electron chi connectivity index (χ3n) is 1.78. The van der Waals surface area contributed by atoms with Crippen molar-refractivity contribution in [1.82, 2.24) is 5.32 Å². The van der Waals surface area contributed by atoms with E-state index in [4.69, 9.17) is 10.8 Å². The first-order valence-corrected chi connectivity index (χ1v) is 4.31. The molecule has 0 fully saturated rings. The number of amides is 1. The van der Waals surface area contributed by atoms with Crippen LogP contribution in [0.2, 0.25) is 0 Å². The van der Waals surface area contributed by atoms with E-state index < -0.39 is 11.7 Å². The predicted molar refractivity (Wildman–Crippen MR) is 58.5 cm³/mol. The van der Waals surface area contributed by atoms with E-state index in [1.807, 2.05) is 18.2 Å². The average Bonchev–Trinajstić information content (AvgIpc) is 2.29. The fourth-order valence-corrected chi connectivity index (χ4v) is 0.988. The Morgan fingerprint density at radius 3 is 2.53 bits per heavy atom. The summed E-state index contributed by atoms with van der Waals surface area (Å²) in [6.07, 6.45) is 0.827. The van der Waals surface area contributed by atoms with Gasteiger partial charge in [0.2, 0.25) is 0 Å². The number of rotatable bonds is 3. The molecular formula is C11H12N2O2. The lowest BCUT2D eigenvalue weighted by Crippen LogP contribution is -2.23. The molecule has 1 rings (SSSR count). The van der Waals surface area contributed by atoms with Crippen LogP contribution in [0, 0.1) is 0 Å². The van der Waals surface area contributed by atoms with E-state index in [0.717, 1.165) is 11.8 Å². The summed E-state index contributed by atoms with van der Waals surface area (Å²) >= 11 is 0. The zero-order valence-corrected chi connectivity index (χ0v) is 8.10. The molecule has 0 aliphatic carbocycles. The minimum absolute atomic E-state index is 0.411. The summed E-state index contributed by atoms with van der Waals surface area (Å²) in [4.78, 5) is 11.2. The van der Waals surface area contributed by atoms with E-state index in [-0.39, 0.29) is 0 Å². The fraction of sp³-hybridized carbons (Fsp3) is 0. The van der Waals surface area contributed by atoms with E-state index in [2.05, 4.69) is 11.9 Å². The molecule has 78 valence electrons. The minimum atomic E-state index is -0.675. The first-order valence-electron chi connectivity index (χ1n) is 4.31. The van der Waals surface area contributed by atoms with Gasteiger partial charge in [0.25, 0.3) is 5.91 Å². The molecule has 4 N–H and O–H groups in total. The summed E-state index contributed by atoms with van der Waals surface area (Å²) in [6, 6.07) is 9.10. The Kier molecular flexibility index (Phi) is 3.51. The monoisotopic (exact) mass is 204 g/mol. The highest BCUT2D eigenvalue weighted by Crippen LogP contribution is 2.08. The lowest BCUT2D eigenvalue weighted by Gasteiger charge is -2.07. The van der Waals surface area contributed by atoms with Gasteiger partial charge < -0.3 is 16.2 Å². The maximum absolute atomic E-state index is 11.2. The van der Waals surface area contributed by atoms with Crippen LogP contribution in [-0.2, 0) is 4.79 Å². The maximum atomic E-state index is 11.2. The van der Waals surface area contributed by atoms with Crippen LogP contribution in [0.1, 0.15) is 5.56 Å². The van der Waals surface area contributed by atoms with E-state index in [1.54, 1.807) is 12.1 Å². The van der Waals surface area contributed by atoms with Crippen molar-refractivity contribution in [3.05, 3.63) is 54.4 Å². The lowest BCUT2D eigenvalue weighted by atomic mass is 10.2. The number of aliphatic hydroxyl groups is 1. The molecule has 0 saturated carbocycles. The Morgan fingerprint density at radius 1 is 1.40 bits per heavy atom. The Hall–Kier alpha value is -2.23. The van der Waals surface area contributed by atoms with Gasteiger partial charge in [0.1, 0.15) is 0 Å². The molecule has 0 saturated heterocycles. The smallest absolute Gasteiger partial charge is 0.292 e. The highest BCUT2D eigenvalue weighted by Gasteiger charge is 2.08. The molecule has 1 aromatic carbocycles. The molecular weight excluding hydrogens is 192 g/mol. The Balaban J connectivity index is 2.69. The molecule has 0 radical (unpaired) electrons. The lowest BCUT2D eigenvalue weighted by molar-refractivity contribution is -0.118. The van der Waals surface area contributed by atoms with E-state index in [0.29, 0.717) is 5.70 Å². The average molecular weight is 204 g/mol. The molecule has 4 nitrogen and oxygen atoms in total. The van der Waals surface area contributed by atoms with Gasteiger partial charge in [-0.3, -0.25) is 4.79 Å². The number of carbonyl (C=O) groups excluding carboxylic acids is 1. The summed E-state index contributed by atoms with van der Waals surface area (Å²) in [5, 5.41) is 11.4. The topological polar surface area (TPSA) is 75.3 Å². The molecule has 1 amide bonds. The molecule has 15 heavy (non-hydrogen) atoms. The van der Waals surface area contributed by atoms with Crippen LogP contribution in [0.3, 0.4) is 0 Å². The van der Waals surface area contributed by atoms with Gasteiger partial charge in [0, 0.05) is 11.9 Å². The Bertz CT molecular complexity index is 396. The Morgan fingerprint density at radius 2 is 2.00 bits per heavy atom. The molecule has 0 aromatic heterocycles. The van der Waals surface area contributed by atoms with Gasteiger partial charge in [-0.2, -0.15) is 0 Å². The van der Waals surface area contributed by atoms with Crippen molar-refractivity contribution in [3.63, 3.8) is 0 Å². The number of aliphatic hydroxyl groups excluding tert-OH is 1. The minimum Gasteiger partial charge on any atom is -0.502 e. The van der Waals surface area contributed by atoms with Crippen molar-refractivity contribution in [2.45, 2.75) is 0 Å². The molecule has 0 atom stereocenters. The second-order valence-electron chi connectivity index (χ2n) is 2.85. The van der Waals surface area contributed by atoms with Crippen molar-refractivity contribution >= 4 is 11.6 Å². The van der Waals surface area contributed by atoms with Crippen LogP contribution in [-0.4, -0.2) is 11.0 Å². The van der Waals surface area contributed by atoms with E-state index >= 15 is 0 Å². The highest BCUT2D eigenvalue weighted by atomic mass is 16.3. The second kappa shape index (κ2) is 4.85. The third-order valence-corrected chi connectivity index (χ3v) is 1.78. The molecule has 4 heteroatoms. The summed E-state index contributed by atoms with van der Waals surface area (Å²) < 4.78 is 0. The summed E-state index contributed by atoms with van der Waals surface area (Å²) in [5.41, 5.74) is 6.17. The van der Waals surface area contributed by atoms with Crippen LogP contribution in [0.4, 0.5) is 0 Å². The van der Waals surface area contributed by atoms with Gasteiger partial charge >= 0.3 is 0 Å². The molecule has 1 aromatic rings.